The molecular weight excluding hydrogens is 288 g/mol. The summed E-state index contributed by atoms with van der Waals surface area (Å²) >= 11 is 0. The molecule has 0 unspecified atom stereocenters. The van der Waals surface area contributed by atoms with Gasteiger partial charge in [0.2, 0.25) is 0 Å². The second kappa shape index (κ2) is 6.75. The van der Waals surface area contributed by atoms with Crippen molar-refractivity contribution in [2.75, 3.05) is 6.54 Å². The average Bonchev–Trinajstić information content (AvgIpc) is 2.50. The van der Waals surface area contributed by atoms with Crippen molar-refractivity contribution in [3.8, 4) is 0 Å². The minimum absolute atomic E-state index is 0.0666. The fraction of sp³-hybridized carbons (Fsp3) is 0.526. The average molecular weight is 316 g/mol. The summed E-state index contributed by atoms with van der Waals surface area (Å²) in [6, 6.07) is 6.37. The normalized spacial score (nSPS) is 19.0. The van der Waals surface area contributed by atoms with E-state index < -0.39 is 5.60 Å². The molecular formula is C19H28N2O2. The van der Waals surface area contributed by atoms with Crippen LogP contribution in [-0.2, 0) is 17.7 Å². The van der Waals surface area contributed by atoms with E-state index in [9.17, 15) is 4.79 Å². The van der Waals surface area contributed by atoms with Gasteiger partial charge in [0.15, 0.2) is 0 Å². The van der Waals surface area contributed by atoms with Crippen molar-refractivity contribution in [2.45, 2.75) is 52.3 Å². The highest BCUT2D eigenvalue weighted by atomic mass is 16.6. The molecule has 1 aliphatic heterocycles. The summed E-state index contributed by atoms with van der Waals surface area (Å²) in [7, 11) is 0. The summed E-state index contributed by atoms with van der Waals surface area (Å²) < 4.78 is 5.60. The van der Waals surface area contributed by atoms with Gasteiger partial charge in [0.25, 0.3) is 0 Å². The highest BCUT2D eigenvalue weighted by Gasteiger charge is 2.35. The van der Waals surface area contributed by atoms with Gasteiger partial charge in [-0.2, -0.15) is 0 Å². The van der Waals surface area contributed by atoms with Gasteiger partial charge >= 0.3 is 6.09 Å². The molecule has 2 atom stereocenters. The van der Waals surface area contributed by atoms with E-state index in [1.54, 1.807) is 0 Å². The molecule has 0 bridgehead atoms. The number of rotatable bonds is 3. The van der Waals surface area contributed by atoms with Crippen molar-refractivity contribution >= 4 is 12.2 Å². The van der Waals surface area contributed by atoms with Crippen molar-refractivity contribution in [3.05, 3.63) is 41.5 Å². The second-order valence-corrected chi connectivity index (χ2v) is 7.32. The first kappa shape index (κ1) is 17.5. The molecule has 0 radical (unpaired) electrons. The van der Waals surface area contributed by atoms with Crippen LogP contribution < -0.4 is 5.73 Å². The van der Waals surface area contributed by atoms with Gasteiger partial charge in [-0.1, -0.05) is 31.7 Å². The van der Waals surface area contributed by atoms with Crippen LogP contribution in [0.1, 0.15) is 44.4 Å². The Kier molecular flexibility index (Phi) is 5.15. The van der Waals surface area contributed by atoms with Crippen LogP contribution in [0.15, 0.2) is 24.8 Å². The van der Waals surface area contributed by atoms with Crippen molar-refractivity contribution in [1.29, 1.82) is 0 Å². The Bertz CT molecular complexity index is 590. The Labute approximate surface area is 139 Å². The first-order valence-corrected chi connectivity index (χ1v) is 8.19. The van der Waals surface area contributed by atoms with E-state index >= 15 is 0 Å². The zero-order chi connectivity index (χ0) is 17.2. The van der Waals surface area contributed by atoms with Gasteiger partial charge < -0.3 is 15.4 Å². The highest BCUT2D eigenvalue weighted by molar-refractivity contribution is 5.69. The fourth-order valence-electron chi connectivity index (χ4n) is 2.94. The SMILES string of the molecule is C=Cc1ccc2c(c1)CN(C(=O)OC(C)(C)C)[C@H]([C@H](C)CN)C2. The first-order valence-electron chi connectivity index (χ1n) is 8.19. The van der Waals surface area contributed by atoms with E-state index in [1.165, 1.54) is 5.56 Å². The van der Waals surface area contributed by atoms with Gasteiger partial charge in [0, 0.05) is 12.6 Å². The molecule has 1 aliphatic rings. The molecule has 1 aromatic carbocycles. The molecule has 4 nitrogen and oxygen atoms in total. The molecule has 23 heavy (non-hydrogen) atoms. The summed E-state index contributed by atoms with van der Waals surface area (Å²) in [5.41, 5.74) is 8.87. The number of carbonyl (C=O) groups excluding carboxylic acids is 1. The molecule has 0 saturated heterocycles. The maximum Gasteiger partial charge on any atom is 0.410 e. The number of amides is 1. The number of benzene rings is 1. The van der Waals surface area contributed by atoms with Crippen LogP contribution >= 0.6 is 0 Å². The van der Waals surface area contributed by atoms with Crippen molar-refractivity contribution in [2.24, 2.45) is 11.7 Å². The quantitative estimate of drug-likeness (QED) is 0.927. The van der Waals surface area contributed by atoms with Crippen LogP contribution in [0.5, 0.6) is 0 Å². The maximum absolute atomic E-state index is 12.7. The molecule has 1 amide bonds. The molecule has 0 saturated carbocycles. The lowest BCUT2D eigenvalue weighted by Crippen LogP contribution is -2.50. The predicted octanol–water partition coefficient (Wildman–Crippen LogP) is 3.59. The smallest absolute Gasteiger partial charge is 0.410 e. The fourth-order valence-corrected chi connectivity index (χ4v) is 2.94. The van der Waals surface area contributed by atoms with Crippen molar-refractivity contribution in [3.63, 3.8) is 0 Å². The monoisotopic (exact) mass is 316 g/mol. The number of fused-ring (bicyclic) bond motifs is 1. The van der Waals surface area contributed by atoms with Crippen molar-refractivity contribution in [1.82, 2.24) is 4.90 Å². The summed E-state index contributed by atoms with van der Waals surface area (Å²) in [6.07, 6.45) is 2.37. The van der Waals surface area contributed by atoms with Crippen molar-refractivity contribution < 1.29 is 9.53 Å². The molecule has 2 rings (SSSR count). The second-order valence-electron chi connectivity index (χ2n) is 7.32. The number of nitrogens with two attached hydrogens (primary N) is 1. The Morgan fingerprint density at radius 2 is 2.17 bits per heavy atom. The van der Waals surface area contributed by atoms with Gasteiger partial charge in [-0.15, -0.1) is 0 Å². The molecule has 126 valence electrons. The first-order chi connectivity index (χ1) is 10.7. The summed E-state index contributed by atoms with van der Waals surface area (Å²) in [5, 5.41) is 0. The Balaban J connectivity index is 2.33. The third kappa shape index (κ3) is 4.14. The van der Waals surface area contributed by atoms with E-state index in [0.29, 0.717) is 13.1 Å². The molecule has 1 aromatic rings. The van der Waals surface area contributed by atoms with Gasteiger partial charge in [-0.25, -0.2) is 4.79 Å². The number of ether oxygens (including phenoxy) is 1. The Hall–Kier alpha value is -1.81. The molecule has 0 fully saturated rings. The molecule has 0 aliphatic carbocycles. The number of nitrogens with zero attached hydrogens (tertiary/aromatic N) is 1. The molecule has 0 spiro atoms. The predicted molar refractivity (Wildman–Crippen MR) is 94.0 cm³/mol. The molecule has 0 aromatic heterocycles. The van der Waals surface area contributed by atoms with Gasteiger partial charge in [-0.3, -0.25) is 0 Å². The highest BCUT2D eigenvalue weighted by Crippen LogP contribution is 2.29. The summed E-state index contributed by atoms with van der Waals surface area (Å²) in [6.45, 7) is 12.7. The van der Waals surface area contributed by atoms with Gasteiger partial charge in [-0.05, 0) is 62.4 Å². The Morgan fingerprint density at radius 1 is 1.48 bits per heavy atom. The van der Waals surface area contributed by atoms with E-state index in [1.807, 2.05) is 31.7 Å². The third-order valence-electron chi connectivity index (χ3n) is 4.29. The van der Waals surface area contributed by atoms with E-state index in [2.05, 4.69) is 31.7 Å². The standard InChI is InChI=1S/C19H28N2O2/c1-6-14-7-8-15-10-17(13(2)11-20)21(12-16(15)9-14)18(22)23-19(3,4)5/h6-9,13,17H,1,10-12,20H2,2-5H3/t13-,17+/m1/s1. The van der Waals surface area contributed by atoms with Gasteiger partial charge in [0.05, 0.1) is 0 Å². The van der Waals surface area contributed by atoms with Crippen LogP contribution in [0.2, 0.25) is 0 Å². The van der Waals surface area contributed by atoms with E-state index in [-0.39, 0.29) is 18.1 Å². The number of hydrogen-bond donors (Lipinski definition) is 1. The van der Waals surface area contributed by atoms with Crippen LogP contribution in [0, 0.1) is 5.92 Å². The largest absolute Gasteiger partial charge is 0.444 e. The topological polar surface area (TPSA) is 55.6 Å². The van der Waals surface area contributed by atoms with Crippen LogP contribution in [0.3, 0.4) is 0 Å². The van der Waals surface area contributed by atoms with Gasteiger partial charge in [0.1, 0.15) is 5.60 Å². The summed E-state index contributed by atoms with van der Waals surface area (Å²) in [5.74, 6) is 0.217. The van der Waals surface area contributed by atoms with Crippen LogP contribution in [0.25, 0.3) is 6.08 Å². The maximum atomic E-state index is 12.7. The van der Waals surface area contributed by atoms with Crippen LogP contribution in [-0.4, -0.2) is 29.2 Å². The third-order valence-corrected chi connectivity index (χ3v) is 4.29. The lowest BCUT2D eigenvalue weighted by atomic mass is 9.86. The lowest BCUT2D eigenvalue weighted by molar-refractivity contribution is 0.00594. The van der Waals surface area contributed by atoms with E-state index in [0.717, 1.165) is 17.5 Å². The molecule has 1 heterocycles. The lowest BCUT2D eigenvalue weighted by Gasteiger charge is -2.40. The zero-order valence-electron chi connectivity index (χ0n) is 14.6. The Morgan fingerprint density at radius 3 is 2.74 bits per heavy atom. The van der Waals surface area contributed by atoms with Crippen LogP contribution in [0.4, 0.5) is 4.79 Å². The van der Waals surface area contributed by atoms with E-state index in [4.69, 9.17) is 10.5 Å². The minimum atomic E-state index is -0.503. The number of hydrogen-bond acceptors (Lipinski definition) is 3. The number of carbonyl (C=O) groups is 1. The minimum Gasteiger partial charge on any atom is -0.444 e. The molecule has 4 heteroatoms. The molecule has 2 N–H and O–H groups in total. The zero-order valence-corrected chi connectivity index (χ0v) is 14.6. The summed E-state index contributed by atoms with van der Waals surface area (Å²) in [4.78, 5) is 14.5.